The molecule has 1 heterocycles. The Morgan fingerprint density at radius 1 is 1.42 bits per heavy atom. The van der Waals surface area contributed by atoms with E-state index >= 15 is 0 Å². The Bertz CT molecular complexity index is 106. The van der Waals surface area contributed by atoms with Gasteiger partial charge in [-0.05, 0) is 31.7 Å². The Morgan fingerprint density at radius 2 is 2.25 bits per heavy atom. The molecule has 2 atom stereocenters. The molecule has 72 valence electrons. The molecule has 0 aromatic rings. The number of rotatable bonds is 5. The Morgan fingerprint density at radius 3 is 2.75 bits per heavy atom. The molecule has 1 heteroatoms. The van der Waals surface area contributed by atoms with Crippen molar-refractivity contribution in [1.29, 1.82) is 0 Å². The van der Waals surface area contributed by atoms with Gasteiger partial charge in [0, 0.05) is 6.04 Å². The lowest BCUT2D eigenvalue weighted by molar-refractivity contribution is 0.346. The zero-order valence-electron chi connectivity index (χ0n) is 8.60. The molecule has 0 saturated carbocycles. The summed E-state index contributed by atoms with van der Waals surface area (Å²) in [6.45, 7) is 5.88. The van der Waals surface area contributed by atoms with Crippen LogP contribution in [0.5, 0.6) is 0 Å². The highest BCUT2D eigenvalue weighted by Crippen LogP contribution is 2.22. The van der Waals surface area contributed by atoms with E-state index in [9.17, 15) is 0 Å². The predicted molar refractivity (Wildman–Crippen MR) is 54.3 cm³/mol. The highest BCUT2D eigenvalue weighted by Gasteiger charge is 2.21. The summed E-state index contributed by atoms with van der Waals surface area (Å²) in [7, 11) is 0. The van der Waals surface area contributed by atoms with Crippen molar-refractivity contribution < 1.29 is 0 Å². The van der Waals surface area contributed by atoms with Crippen LogP contribution in [-0.4, -0.2) is 12.6 Å². The van der Waals surface area contributed by atoms with E-state index in [2.05, 4.69) is 19.2 Å². The molecule has 1 rings (SSSR count). The van der Waals surface area contributed by atoms with Crippen molar-refractivity contribution in [3.8, 4) is 0 Å². The normalized spacial score (nSPS) is 26.0. The van der Waals surface area contributed by atoms with Crippen molar-refractivity contribution in [2.24, 2.45) is 5.92 Å². The van der Waals surface area contributed by atoms with Gasteiger partial charge in [0.05, 0.1) is 0 Å². The van der Waals surface area contributed by atoms with E-state index in [1.807, 2.05) is 0 Å². The first-order valence-corrected chi connectivity index (χ1v) is 5.61. The van der Waals surface area contributed by atoms with E-state index in [0.29, 0.717) is 0 Å². The van der Waals surface area contributed by atoms with Crippen molar-refractivity contribution in [3.05, 3.63) is 0 Å². The summed E-state index contributed by atoms with van der Waals surface area (Å²) in [5.74, 6) is 0.951. The third-order valence-corrected chi connectivity index (χ3v) is 3.12. The first-order valence-electron chi connectivity index (χ1n) is 5.61. The average molecular weight is 169 g/mol. The number of unbranched alkanes of at least 4 members (excludes halogenated alkanes) is 1. The lowest BCUT2D eigenvalue weighted by atomic mass is 9.90. The van der Waals surface area contributed by atoms with Gasteiger partial charge in [0.25, 0.3) is 0 Å². The zero-order chi connectivity index (χ0) is 8.81. The van der Waals surface area contributed by atoms with E-state index in [1.54, 1.807) is 0 Å². The molecule has 2 unspecified atom stereocenters. The van der Waals surface area contributed by atoms with Gasteiger partial charge in [-0.2, -0.15) is 0 Å². The van der Waals surface area contributed by atoms with E-state index in [1.165, 1.54) is 45.1 Å². The van der Waals surface area contributed by atoms with Crippen molar-refractivity contribution >= 4 is 0 Å². The molecular formula is C11H23N. The summed E-state index contributed by atoms with van der Waals surface area (Å²) < 4.78 is 0. The van der Waals surface area contributed by atoms with Crippen LogP contribution in [0.3, 0.4) is 0 Å². The Kier molecular flexibility index (Phi) is 4.67. The van der Waals surface area contributed by atoms with Crippen LogP contribution >= 0.6 is 0 Å². The molecule has 12 heavy (non-hydrogen) atoms. The molecule has 0 aromatic heterocycles. The quantitative estimate of drug-likeness (QED) is 0.667. The third-order valence-electron chi connectivity index (χ3n) is 3.12. The molecule has 1 aliphatic heterocycles. The van der Waals surface area contributed by atoms with Crippen LogP contribution in [0.25, 0.3) is 0 Å². The van der Waals surface area contributed by atoms with Gasteiger partial charge in [-0.25, -0.2) is 0 Å². The van der Waals surface area contributed by atoms with E-state index in [4.69, 9.17) is 0 Å². The maximum atomic E-state index is 3.62. The highest BCUT2D eigenvalue weighted by atomic mass is 14.9. The SMILES string of the molecule is CCCCC(CC)C1CCCN1. The zero-order valence-corrected chi connectivity index (χ0v) is 8.60. The summed E-state index contributed by atoms with van der Waals surface area (Å²) in [5, 5.41) is 3.62. The Balaban J connectivity index is 2.22. The molecular weight excluding hydrogens is 146 g/mol. The van der Waals surface area contributed by atoms with Gasteiger partial charge in [0.2, 0.25) is 0 Å². The first-order chi connectivity index (χ1) is 5.88. The minimum absolute atomic E-state index is 0.849. The summed E-state index contributed by atoms with van der Waals surface area (Å²) in [5.41, 5.74) is 0. The lowest BCUT2D eigenvalue weighted by Gasteiger charge is -2.21. The summed E-state index contributed by atoms with van der Waals surface area (Å²) in [6.07, 6.45) is 8.37. The number of hydrogen-bond acceptors (Lipinski definition) is 1. The van der Waals surface area contributed by atoms with Crippen molar-refractivity contribution in [3.63, 3.8) is 0 Å². The number of hydrogen-bond donors (Lipinski definition) is 1. The highest BCUT2D eigenvalue weighted by molar-refractivity contribution is 4.80. The predicted octanol–water partition coefficient (Wildman–Crippen LogP) is 2.95. The molecule has 1 saturated heterocycles. The van der Waals surface area contributed by atoms with Gasteiger partial charge < -0.3 is 5.32 Å². The lowest BCUT2D eigenvalue weighted by Crippen LogP contribution is -2.29. The second kappa shape index (κ2) is 5.58. The van der Waals surface area contributed by atoms with Gasteiger partial charge in [-0.1, -0.05) is 33.1 Å². The first kappa shape index (κ1) is 10.0. The van der Waals surface area contributed by atoms with E-state index in [0.717, 1.165) is 12.0 Å². The maximum Gasteiger partial charge on any atom is 0.00956 e. The molecule has 0 bridgehead atoms. The van der Waals surface area contributed by atoms with Crippen LogP contribution < -0.4 is 5.32 Å². The molecule has 1 nitrogen and oxygen atoms in total. The van der Waals surface area contributed by atoms with Gasteiger partial charge in [-0.3, -0.25) is 0 Å². The van der Waals surface area contributed by atoms with E-state index < -0.39 is 0 Å². The monoisotopic (exact) mass is 169 g/mol. The smallest absolute Gasteiger partial charge is 0.00956 e. The van der Waals surface area contributed by atoms with Crippen LogP contribution in [0.2, 0.25) is 0 Å². The van der Waals surface area contributed by atoms with Gasteiger partial charge in [0.15, 0.2) is 0 Å². The molecule has 0 amide bonds. The average Bonchev–Trinajstić information content (AvgIpc) is 2.59. The van der Waals surface area contributed by atoms with Gasteiger partial charge in [-0.15, -0.1) is 0 Å². The fourth-order valence-electron chi connectivity index (χ4n) is 2.27. The molecule has 0 spiro atoms. The molecule has 1 aliphatic rings. The van der Waals surface area contributed by atoms with Crippen LogP contribution in [0.1, 0.15) is 52.4 Å². The van der Waals surface area contributed by atoms with Gasteiger partial charge in [0.1, 0.15) is 0 Å². The minimum Gasteiger partial charge on any atom is -0.314 e. The van der Waals surface area contributed by atoms with Crippen LogP contribution in [-0.2, 0) is 0 Å². The molecule has 0 aromatic carbocycles. The van der Waals surface area contributed by atoms with Crippen molar-refractivity contribution in [2.75, 3.05) is 6.54 Å². The maximum absolute atomic E-state index is 3.62. The summed E-state index contributed by atoms with van der Waals surface area (Å²) in [6, 6.07) is 0.849. The second-order valence-corrected chi connectivity index (χ2v) is 4.01. The molecule has 0 radical (unpaired) electrons. The topological polar surface area (TPSA) is 12.0 Å². The molecule has 0 aliphatic carbocycles. The van der Waals surface area contributed by atoms with Crippen LogP contribution in [0.15, 0.2) is 0 Å². The summed E-state index contributed by atoms with van der Waals surface area (Å²) >= 11 is 0. The molecule has 1 fully saturated rings. The number of nitrogens with one attached hydrogen (secondary N) is 1. The minimum atomic E-state index is 0.849. The standard InChI is InChI=1S/C11H23N/c1-3-5-7-10(4-2)11-8-6-9-12-11/h10-12H,3-9H2,1-2H3. The largest absolute Gasteiger partial charge is 0.314 e. The van der Waals surface area contributed by atoms with Gasteiger partial charge >= 0.3 is 0 Å². The fourth-order valence-corrected chi connectivity index (χ4v) is 2.27. The van der Waals surface area contributed by atoms with Crippen molar-refractivity contribution in [1.82, 2.24) is 5.32 Å². The Labute approximate surface area is 76.9 Å². The summed E-state index contributed by atoms with van der Waals surface area (Å²) in [4.78, 5) is 0. The van der Waals surface area contributed by atoms with Crippen LogP contribution in [0.4, 0.5) is 0 Å². The van der Waals surface area contributed by atoms with E-state index in [-0.39, 0.29) is 0 Å². The third kappa shape index (κ3) is 2.78. The molecule has 1 N–H and O–H groups in total. The second-order valence-electron chi connectivity index (χ2n) is 4.01. The fraction of sp³-hybridized carbons (Fsp3) is 1.00. The van der Waals surface area contributed by atoms with Crippen molar-refractivity contribution in [2.45, 2.75) is 58.4 Å². The van der Waals surface area contributed by atoms with Crippen LogP contribution in [0, 0.1) is 5.92 Å². The Hall–Kier alpha value is -0.0400.